The number of carboxylic acids is 1. The summed E-state index contributed by atoms with van der Waals surface area (Å²) in [5, 5.41) is 8.99. The molecule has 3 aliphatic rings. The van der Waals surface area contributed by atoms with Gasteiger partial charge in [-0.05, 0) is 25.2 Å². The highest BCUT2D eigenvalue weighted by molar-refractivity contribution is 6.10. The molecule has 1 N–H and O–H groups in total. The summed E-state index contributed by atoms with van der Waals surface area (Å²) < 4.78 is 39.6. The lowest BCUT2D eigenvalue weighted by Gasteiger charge is -2.35. The molecule has 8 heteroatoms. The molecule has 1 aliphatic heterocycles. The normalized spacial score (nSPS) is 37.0. The van der Waals surface area contributed by atoms with Crippen LogP contribution in [0.3, 0.4) is 0 Å². The smallest absolute Gasteiger partial charge is 0.422 e. The van der Waals surface area contributed by atoms with E-state index in [0.717, 1.165) is 0 Å². The largest absolute Gasteiger partial charge is 0.479 e. The summed E-state index contributed by atoms with van der Waals surface area (Å²) in [5.74, 6) is -6.55. The second-order valence-corrected chi connectivity index (χ2v) is 5.89. The van der Waals surface area contributed by atoms with Gasteiger partial charge in [-0.25, -0.2) is 4.79 Å². The highest BCUT2D eigenvalue weighted by atomic mass is 19.4. The maximum Gasteiger partial charge on any atom is 0.422 e. The Kier molecular flexibility index (Phi) is 2.59. The lowest BCUT2D eigenvalue weighted by atomic mass is 9.85. The predicted octanol–water partition coefficient (Wildman–Crippen LogP) is 1.20. The van der Waals surface area contributed by atoms with Crippen LogP contribution in [-0.2, 0) is 14.4 Å². The quantitative estimate of drug-likeness (QED) is 0.614. The van der Waals surface area contributed by atoms with Crippen molar-refractivity contribution >= 4 is 17.8 Å². The Labute approximate surface area is 117 Å². The minimum absolute atomic E-state index is 0.0726. The molecule has 0 spiro atoms. The van der Waals surface area contributed by atoms with Crippen molar-refractivity contribution in [2.24, 2.45) is 23.7 Å². The first kappa shape index (κ1) is 14.1. The van der Waals surface area contributed by atoms with Crippen LogP contribution < -0.4 is 0 Å². The molecule has 5 atom stereocenters. The van der Waals surface area contributed by atoms with Crippen molar-refractivity contribution in [1.82, 2.24) is 4.90 Å². The van der Waals surface area contributed by atoms with Crippen molar-refractivity contribution in [3.8, 4) is 0 Å². The van der Waals surface area contributed by atoms with Gasteiger partial charge >= 0.3 is 12.1 Å². The van der Waals surface area contributed by atoms with Gasteiger partial charge in [-0.2, -0.15) is 13.2 Å². The van der Waals surface area contributed by atoms with E-state index in [1.807, 2.05) is 0 Å². The van der Waals surface area contributed by atoms with Crippen LogP contribution in [0, 0.1) is 23.7 Å². The summed E-state index contributed by atoms with van der Waals surface area (Å²) in [4.78, 5) is 35.7. The fraction of sp³-hybridized carbons (Fsp3) is 0.615. The number of halogens is 3. The number of nitrogens with zero attached hydrogens (tertiary/aromatic N) is 1. The van der Waals surface area contributed by atoms with Crippen LogP contribution >= 0.6 is 0 Å². The molecule has 3 rings (SSSR count). The average molecular weight is 303 g/mol. The van der Waals surface area contributed by atoms with Gasteiger partial charge in [0, 0.05) is 0 Å². The number of imide groups is 1. The number of hydrogen-bond donors (Lipinski definition) is 1. The maximum absolute atomic E-state index is 13.2. The van der Waals surface area contributed by atoms with Crippen molar-refractivity contribution in [1.29, 1.82) is 0 Å². The first-order valence-electron chi connectivity index (χ1n) is 6.47. The fourth-order valence-corrected chi connectivity index (χ4v) is 3.69. The summed E-state index contributed by atoms with van der Waals surface area (Å²) in [6.07, 6.45) is -1.22. The van der Waals surface area contributed by atoms with Gasteiger partial charge in [-0.3, -0.25) is 14.5 Å². The monoisotopic (exact) mass is 303 g/mol. The topological polar surface area (TPSA) is 74.7 Å². The van der Waals surface area contributed by atoms with E-state index in [-0.39, 0.29) is 16.7 Å². The lowest BCUT2D eigenvalue weighted by molar-refractivity contribution is -0.231. The molecule has 114 valence electrons. The van der Waals surface area contributed by atoms with E-state index >= 15 is 0 Å². The molecule has 0 radical (unpaired) electrons. The van der Waals surface area contributed by atoms with Gasteiger partial charge < -0.3 is 5.11 Å². The molecule has 1 heterocycles. The third-order valence-corrected chi connectivity index (χ3v) is 4.89. The number of aliphatic carboxylic acids is 1. The van der Waals surface area contributed by atoms with Gasteiger partial charge in [-0.15, -0.1) is 0 Å². The minimum atomic E-state index is -5.24. The Balaban J connectivity index is 2.06. The molecule has 0 aromatic rings. The molecular weight excluding hydrogens is 291 g/mol. The molecule has 5 nitrogen and oxygen atoms in total. The summed E-state index contributed by atoms with van der Waals surface area (Å²) in [5.41, 5.74) is -3.52. The van der Waals surface area contributed by atoms with Crippen LogP contribution in [-0.4, -0.2) is 39.5 Å². The second-order valence-electron chi connectivity index (χ2n) is 5.89. The number of rotatable bonds is 2. The number of carbonyl (C=O) groups is 3. The van der Waals surface area contributed by atoms with Crippen molar-refractivity contribution in [3.63, 3.8) is 0 Å². The number of allylic oxidation sites excluding steroid dienone is 2. The Morgan fingerprint density at radius 1 is 1.19 bits per heavy atom. The lowest BCUT2D eigenvalue weighted by Crippen LogP contribution is -2.64. The fourth-order valence-electron chi connectivity index (χ4n) is 3.69. The van der Waals surface area contributed by atoms with Gasteiger partial charge in [0.2, 0.25) is 17.4 Å². The Hall–Kier alpha value is -1.86. The van der Waals surface area contributed by atoms with Gasteiger partial charge in [-0.1, -0.05) is 12.2 Å². The first-order chi connectivity index (χ1) is 9.60. The van der Waals surface area contributed by atoms with Crippen LogP contribution in [0.5, 0.6) is 0 Å². The molecule has 21 heavy (non-hydrogen) atoms. The molecule has 2 fully saturated rings. The SMILES string of the molecule is CC(C(=O)O)(N1C(=O)C2C3C=CC(C3)C2C1=O)C(F)(F)F. The Bertz CT molecular complexity index is 554. The maximum atomic E-state index is 13.2. The van der Waals surface area contributed by atoms with Gasteiger partial charge in [0.05, 0.1) is 11.8 Å². The average Bonchev–Trinajstić information content (AvgIpc) is 3.01. The third kappa shape index (κ3) is 1.50. The van der Waals surface area contributed by atoms with Crippen LogP contribution in [0.15, 0.2) is 12.2 Å². The number of fused-ring (bicyclic) bond motifs is 5. The van der Waals surface area contributed by atoms with E-state index in [1.54, 1.807) is 12.2 Å². The molecule has 0 aromatic carbocycles. The molecule has 5 unspecified atom stereocenters. The van der Waals surface area contributed by atoms with Crippen molar-refractivity contribution in [3.05, 3.63) is 12.2 Å². The summed E-state index contributed by atoms with van der Waals surface area (Å²) in [6, 6.07) is 0. The number of likely N-dealkylation sites (tertiary alicyclic amines) is 1. The van der Waals surface area contributed by atoms with E-state index in [4.69, 9.17) is 5.11 Å². The first-order valence-corrected chi connectivity index (χ1v) is 6.47. The molecule has 2 aliphatic carbocycles. The molecule has 2 bridgehead atoms. The third-order valence-electron chi connectivity index (χ3n) is 4.89. The van der Waals surface area contributed by atoms with Gasteiger partial charge in [0.1, 0.15) is 0 Å². The molecule has 0 aromatic heterocycles. The number of amides is 2. The van der Waals surface area contributed by atoms with E-state index in [1.165, 1.54) is 0 Å². The minimum Gasteiger partial charge on any atom is -0.479 e. The second kappa shape index (κ2) is 3.86. The van der Waals surface area contributed by atoms with E-state index in [9.17, 15) is 27.6 Å². The van der Waals surface area contributed by atoms with Crippen LogP contribution in [0.2, 0.25) is 0 Å². The molecule has 2 amide bonds. The Morgan fingerprint density at radius 2 is 1.62 bits per heavy atom. The summed E-state index contributed by atoms with van der Waals surface area (Å²) in [7, 11) is 0. The Morgan fingerprint density at radius 3 is 1.95 bits per heavy atom. The van der Waals surface area contributed by atoms with Crippen LogP contribution in [0.1, 0.15) is 13.3 Å². The zero-order valence-corrected chi connectivity index (χ0v) is 10.9. The highest BCUT2D eigenvalue weighted by Gasteiger charge is 2.71. The number of alkyl halides is 3. The molecular formula is C13H12F3NO4. The van der Waals surface area contributed by atoms with Crippen molar-refractivity contribution in [2.45, 2.75) is 25.1 Å². The highest BCUT2D eigenvalue weighted by Crippen LogP contribution is 2.55. The zero-order chi connectivity index (χ0) is 15.7. The van der Waals surface area contributed by atoms with E-state index < -0.39 is 41.3 Å². The van der Waals surface area contributed by atoms with Crippen molar-refractivity contribution in [2.75, 3.05) is 0 Å². The summed E-state index contributed by atoms with van der Waals surface area (Å²) >= 11 is 0. The van der Waals surface area contributed by atoms with E-state index in [2.05, 4.69) is 0 Å². The molecule has 1 saturated carbocycles. The standard InChI is InChI=1S/C13H12F3NO4/c1-12(11(20)21,13(14,15)16)17-9(18)7-5-2-3-6(4-5)8(7)10(17)19/h2-3,5-8H,4H2,1H3,(H,20,21). The number of carbonyl (C=O) groups excluding carboxylic acids is 2. The van der Waals surface area contributed by atoms with Gasteiger partial charge in [0.25, 0.3) is 0 Å². The van der Waals surface area contributed by atoms with Crippen LogP contribution in [0.4, 0.5) is 13.2 Å². The zero-order valence-electron chi connectivity index (χ0n) is 10.9. The number of hydrogen-bond acceptors (Lipinski definition) is 3. The van der Waals surface area contributed by atoms with Gasteiger partial charge in [0.15, 0.2) is 0 Å². The predicted molar refractivity (Wildman–Crippen MR) is 61.7 cm³/mol. The molecule has 1 saturated heterocycles. The van der Waals surface area contributed by atoms with E-state index in [0.29, 0.717) is 13.3 Å². The number of carboxylic acid groups (broad SMARTS) is 1. The van der Waals surface area contributed by atoms with Crippen molar-refractivity contribution < 1.29 is 32.7 Å². The van der Waals surface area contributed by atoms with Crippen LogP contribution in [0.25, 0.3) is 0 Å². The summed E-state index contributed by atoms with van der Waals surface area (Å²) in [6.45, 7) is 0.363.